The topological polar surface area (TPSA) is 32.3 Å². The maximum Gasteiger partial charge on any atom is 0.0613 e. The standard InChI is InChI=1S/C14H27NO/c1-11(2)12-4-3-8-14(10-16,9-7-12)15-13-5-6-13/h11-13,15-16H,3-10H2,1-2H3. The zero-order valence-electron chi connectivity index (χ0n) is 10.8. The quantitative estimate of drug-likeness (QED) is 0.721. The van der Waals surface area contributed by atoms with Gasteiger partial charge in [-0.25, -0.2) is 0 Å². The fourth-order valence-electron chi connectivity index (χ4n) is 3.11. The maximum absolute atomic E-state index is 9.71. The SMILES string of the molecule is CC(C)C1CCCC(CO)(NC2CC2)CC1. The normalized spacial score (nSPS) is 36.4. The third-order valence-corrected chi connectivity index (χ3v) is 4.56. The van der Waals surface area contributed by atoms with E-state index in [0.717, 1.165) is 11.8 Å². The van der Waals surface area contributed by atoms with Crippen molar-refractivity contribution in [2.24, 2.45) is 11.8 Å². The molecule has 94 valence electrons. The van der Waals surface area contributed by atoms with Crippen LogP contribution in [0, 0.1) is 11.8 Å². The van der Waals surface area contributed by atoms with Gasteiger partial charge in [-0.3, -0.25) is 0 Å². The Morgan fingerprint density at radius 3 is 2.50 bits per heavy atom. The van der Waals surface area contributed by atoms with Gasteiger partial charge in [0.05, 0.1) is 6.61 Å². The molecule has 2 saturated carbocycles. The van der Waals surface area contributed by atoms with Crippen LogP contribution < -0.4 is 5.32 Å². The molecule has 0 aromatic rings. The van der Waals surface area contributed by atoms with Crippen molar-refractivity contribution in [2.75, 3.05) is 6.61 Å². The first kappa shape index (κ1) is 12.4. The van der Waals surface area contributed by atoms with Crippen molar-refractivity contribution in [2.45, 2.75) is 70.4 Å². The molecule has 2 nitrogen and oxygen atoms in total. The Kier molecular flexibility index (Phi) is 3.91. The van der Waals surface area contributed by atoms with Gasteiger partial charge in [0.25, 0.3) is 0 Å². The zero-order chi connectivity index (χ0) is 11.6. The third kappa shape index (κ3) is 2.98. The van der Waals surface area contributed by atoms with E-state index in [1.54, 1.807) is 0 Å². The lowest BCUT2D eigenvalue weighted by atomic mass is 9.87. The highest BCUT2D eigenvalue weighted by atomic mass is 16.3. The monoisotopic (exact) mass is 225 g/mol. The van der Waals surface area contributed by atoms with Gasteiger partial charge in [-0.05, 0) is 43.9 Å². The van der Waals surface area contributed by atoms with Crippen LogP contribution in [-0.4, -0.2) is 23.3 Å². The van der Waals surface area contributed by atoms with Crippen molar-refractivity contribution >= 4 is 0 Å². The molecule has 2 aliphatic rings. The number of hydrogen-bond donors (Lipinski definition) is 2. The summed E-state index contributed by atoms with van der Waals surface area (Å²) in [6, 6.07) is 0.711. The summed E-state index contributed by atoms with van der Waals surface area (Å²) in [5.41, 5.74) is 0.0603. The van der Waals surface area contributed by atoms with E-state index >= 15 is 0 Å². The molecule has 0 radical (unpaired) electrons. The zero-order valence-corrected chi connectivity index (χ0v) is 10.8. The van der Waals surface area contributed by atoms with Gasteiger partial charge in [-0.15, -0.1) is 0 Å². The predicted molar refractivity (Wildman–Crippen MR) is 67.4 cm³/mol. The number of hydrogen-bond acceptors (Lipinski definition) is 2. The minimum atomic E-state index is 0.0603. The highest BCUT2D eigenvalue weighted by Gasteiger charge is 2.37. The second-order valence-corrected chi connectivity index (χ2v) is 6.29. The molecule has 0 aliphatic heterocycles. The summed E-state index contributed by atoms with van der Waals surface area (Å²) in [6.07, 6.45) is 8.89. The van der Waals surface area contributed by atoms with Gasteiger partial charge in [0.15, 0.2) is 0 Å². The van der Waals surface area contributed by atoms with E-state index in [1.165, 1.54) is 44.9 Å². The molecule has 2 atom stereocenters. The Morgan fingerprint density at radius 1 is 1.19 bits per heavy atom. The van der Waals surface area contributed by atoms with E-state index in [-0.39, 0.29) is 5.54 Å². The lowest BCUT2D eigenvalue weighted by Gasteiger charge is -2.32. The summed E-state index contributed by atoms with van der Waals surface area (Å²) in [5.74, 6) is 1.67. The van der Waals surface area contributed by atoms with Crippen LogP contribution in [0.5, 0.6) is 0 Å². The molecule has 16 heavy (non-hydrogen) atoms. The number of aliphatic hydroxyl groups is 1. The van der Waals surface area contributed by atoms with Gasteiger partial charge in [-0.1, -0.05) is 26.7 Å². The second-order valence-electron chi connectivity index (χ2n) is 6.29. The number of aliphatic hydroxyl groups excluding tert-OH is 1. The third-order valence-electron chi connectivity index (χ3n) is 4.56. The average Bonchev–Trinajstić information content (AvgIpc) is 3.06. The minimum Gasteiger partial charge on any atom is -0.394 e. The predicted octanol–water partition coefficient (Wildman–Crippen LogP) is 2.71. The van der Waals surface area contributed by atoms with E-state index < -0.39 is 0 Å². The van der Waals surface area contributed by atoms with Gasteiger partial charge >= 0.3 is 0 Å². The fourth-order valence-corrected chi connectivity index (χ4v) is 3.11. The Bertz CT molecular complexity index is 225. The van der Waals surface area contributed by atoms with Crippen LogP contribution in [0.4, 0.5) is 0 Å². The first-order valence-electron chi connectivity index (χ1n) is 7.04. The smallest absolute Gasteiger partial charge is 0.0613 e. The molecule has 2 heteroatoms. The van der Waals surface area contributed by atoms with E-state index in [1.807, 2.05) is 0 Å². The molecule has 0 heterocycles. The van der Waals surface area contributed by atoms with Crippen molar-refractivity contribution in [3.8, 4) is 0 Å². The molecule has 0 spiro atoms. The summed E-state index contributed by atoms with van der Waals surface area (Å²) in [7, 11) is 0. The molecule has 0 amide bonds. The molecule has 2 unspecified atom stereocenters. The van der Waals surface area contributed by atoms with Crippen molar-refractivity contribution in [3.63, 3.8) is 0 Å². The molecule has 2 aliphatic carbocycles. The Labute approximate surface area is 99.8 Å². The van der Waals surface area contributed by atoms with Crippen LogP contribution >= 0.6 is 0 Å². The molecule has 0 saturated heterocycles. The molecule has 0 aromatic carbocycles. The van der Waals surface area contributed by atoms with Crippen LogP contribution in [-0.2, 0) is 0 Å². The van der Waals surface area contributed by atoms with Crippen LogP contribution in [0.1, 0.15) is 58.8 Å². The van der Waals surface area contributed by atoms with Crippen LogP contribution in [0.25, 0.3) is 0 Å². The van der Waals surface area contributed by atoms with E-state index in [4.69, 9.17) is 0 Å². The lowest BCUT2D eigenvalue weighted by molar-refractivity contribution is 0.140. The molecule has 0 aromatic heterocycles. The fraction of sp³-hybridized carbons (Fsp3) is 1.00. The molecule has 2 N–H and O–H groups in total. The molecular formula is C14H27NO. The van der Waals surface area contributed by atoms with Gasteiger partial charge in [0, 0.05) is 11.6 Å². The van der Waals surface area contributed by atoms with Gasteiger partial charge < -0.3 is 10.4 Å². The van der Waals surface area contributed by atoms with Crippen molar-refractivity contribution in [1.82, 2.24) is 5.32 Å². The van der Waals surface area contributed by atoms with Crippen LogP contribution in [0.15, 0.2) is 0 Å². The summed E-state index contributed by atoms with van der Waals surface area (Å²) >= 11 is 0. The molecule has 2 fully saturated rings. The second kappa shape index (κ2) is 5.05. The summed E-state index contributed by atoms with van der Waals surface area (Å²) in [6.45, 7) is 5.00. The summed E-state index contributed by atoms with van der Waals surface area (Å²) in [5, 5.41) is 13.4. The molecular weight excluding hydrogens is 198 g/mol. The Morgan fingerprint density at radius 2 is 1.94 bits per heavy atom. The summed E-state index contributed by atoms with van der Waals surface area (Å²) in [4.78, 5) is 0. The number of rotatable bonds is 4. The van der Waals surface area contributed by atoms with Crippen molar-refractivity contribution in [1.29, 1.82) is 0 Å². The Hall–Kier alpha value is -0.0800. The highest BCUT2D eigenvalue weighted by Crippen LogP contribution is 2.36. The first-order valence-corrected chi connectivity index (χ1v) is 7.04. The average molecular weight is 225 g/mol. The Balaban J connectivity index is 1.93. The largest absolute Gasteiger partial charge is 0.394 e. The minimum absolute atomic E-state index is 0.0603. The van der Waals surface area contributed by atoms with Gasteiger partial charge in [0.2, 0.25) is 0 Å². The molecule has 0 bridgehead atoms. The van der Waals surface area contributed by atoms with E-state index in [9.17, 15) is 5.11 Å². The highest BCUT2D eigenvalue weighted by molar-refractivity contribution is 4.97. The van der Waals surface area contributed by atoms with Crippen molar-refractivity contribution in [3.05, 3.63) is 0 Å². The van der Waals surface area contributed by atoms with E-state index in [0.29, 0.717) is 12.6 Å². The summed E-state index contributed by atoms with van der Waals surface area (Å²) < 4.78 is 0. The van der Waals surface area contributed by atoms with Crippen LogP contribution in [0.2, 0.25) is 0 Å². The van der Waals surface area contributed by atoms with Crippen LogP contribution in [0.3, 0.4) is 0 Å². The lowest BCUT2D eigenvalue weighted by Crippen LogP contribution is -2.49. The molecule has 2 rings (SSSR count). The van der Waals surface area contributed by atoms with Gasteiger partial charge in [0.1, 0.15) is 0 Å². The number of nitrogens with one attached hydrogen (secondary N) is 1. The maximum atomic E-state index is 9.71. The van der Waals surface area contributed by atoms with Crippen molar-refractivity contribution < 1.29 is 5.11 Å². The first-order chi connectivity index (χ1) is 7.65. The van der Waals surface area contributed by atoms with Gasteiger partial charge in [-0.2, -0.15) is 0 Å². The van der Waals surface area contributed by atoms with E-state index in [2.05, 4.69) is 19.2 Å².